The fourth-order valence-electron chi connectivity index (χ4n) is 15.5. The molecular formula is C95H135N11O17. The van der Waals surface area contributed by atoms with Crippen molar-refractivity contribution < 1.29 is 81.6 Å². The zero-order chi connectivity index (χ0) is 91.7. The molecule has 0 fully saturated rings. The second kappa shape index (κ2) is 47.1. The summed E-state index contributed by atoms with van der Waals surface area (Å²) in [5, 5.41) is 23.7. The normalized spacial score (nSPS) is 14.8. The number of aliphatic hydroxyl groups excluding tert-OH is 1. The van der Waals surface area contributed by atoms with E-state index >= 15 is 19.2 Å². The van der Waals surface area contributed by atoms with Crippen LogP contribution in [0.3, 0.4) is 0 Å². The van der Waals surface area contributed by atoms with Crippen LogP contribution in [0.5, 0.6) is 0 Å². The van der Waals surface area contributed by atoms with Crippen molar-refractivity contribution in [2.45, 2.75) is 229 Å². The Hall–Kier alpha value is -10.9. The summed E-state index contributed by atoms with van der Waals surface area (Å²) in [6.45, 7) is 27.2. The molecule has 5 aromatic carbocycles. The lowest BCUT2D eigenvalue weighted by atomic mass is 9.93. The van der Waals surface area contributed by atoms with E-state index in [4.69, 9.17) is 14.2 Å². The van der Waals surface area contributed by atoms with E-state index in [1.54, 1.807) is 102 Å². The van der Waals surface area contributed by atoms with Crippen LogP contribution < -0.4 is 21.3 Å². The number of hydrogen-bond donors (Lipinski definition) is 5. The highest BCUT2D eigenvalue weighted by molar-refractivity contribution is 6.09. The van der Waals surface area contributed by atoms with Gasteiger partial charge in [-0.15, -0.1) is 0 Å². The molecule has 6 rings (SSSR count). The van der Waals surface area contributed by atoms with Crippen molar-refractivity contribution in [1.29, 1.82) is 0 Å². The number of ether oxygens (including phenoxy) is 3. The standard InChI is InChI=1S/C95H135N11O17/c1-24-74(89(114)100(17)51-79(107)101(18)75(47-56(2)3)86(111)99-80(60(10)11)92(117)102(19)76(48-57(4)5)85(110)96-64(16)94(119)122-54-65-35-27-25-28-36-65)98-87(112)82(83(108)62(14)52-121-53-66-43-45-68(46-44-66)84(109)67-37-29-26-30-38-67)106(23)93(118)81(61(12)13)105(22)91(116)78(50-59(8)9)104(21)90(115)77(49-58(6)7)103(20)88(113)63(15)97-95(120)123-55-73-71-41-33-31-39-69(71)70-40-32-34-42-72(70)73/h25-46,56-64,73-78,80-83,108H,24,47-55H2,1-23H3,(H,96,110)(H,97,120)(H,98,112)(H,99,111)/t62-,63-,64+,74+,75+,76+,77+,78+,80+,81+,82+,83-/m1/s1. The largest absolute Gasteiger partial charge is 0.459 e. The number of alkyl carbamates (subject to hydrolysis) is 1. The third kappa shape index (κ3) is 27.6. The molecule has 28 nitrogen and oxygen atoms in total. The molecule has 12 atom stereocenters. The number of likely N-dealkylation sites (N-methyl/N-ethyl adjacent to an activating group) is 7. The number of nitrogens with zero attached hydrogens (tertiary/aromatic N) is 7. The third-order valence-electron chi connectivity index (χ3n) is 22.7. The summed E-state index contributed by atoms with van der Waals surface area (Å²) >= 11 is 0. The van der Waals surface area contributed by atoms with Crippen molar-refractivity contribution >= 4 is 76.9 Å². The molecule has 28 heteroatoms. The van der Waals surface area contributed by atoms with Crippen molar-refractivity contribution in [1.82, 2.24) is 55.6 Å². The molecule has 1 aliphatic carbocycles. The molecule has 11 amide bonds. The summed E-state index contributed by atoms with van der Waals surface area (Å²) in [7, 11) is 9.85. The van der Waals surface area contributed by atoms with Gasteiger partial charge in [0.15, 0.2) is 5.78 Å². The van der Waals surface area contributed by atoms with Gasteiger partial charge >= 0.3 is 12.1 Å². The number of carbonyl (C=O) groups is 13. The van der Waals surface area contributed by atoms with E-state index in [1.807, 2.05) is 128 Å². The first kappa shape index (κ1) is 101. The van der Waals surface area contributed by atoms with Gasteiger partial charge in [0.05, 0.1) is 25.9 Å². The van der Waals surface area contributed by atoms with Crippen molar-refractivity contribution in [2.24, 2.45) is 41.4 Å². The molecule has 1 aliphatic rings. The van der Waals surface area contributed by atoms with E-state index < -0.39 is 162 Å². The first-order valence-electron chi connectivity index (χ1n) is 43.0. The lowest BCUT2D eigenvalue weighted by Gasteiger charge is -2.41. The van der Waals surface area contributed by atoms with E-state index in [1.165, 1.54) is 87.7 Å². The van der Waals surface area contributed by atoms with Crippen LogP contribution in [0.25, 0.3) is 11.1 Å². The Morgan fingerprint density at radius 2 is 0.854 bits per heavy atom. The van der Waals surface area contributed by atoms with Crippen LogP contribution in [0.2, 0.25) is 0 Å². The lowest BCUT2D eigenvalue weighted by molar-refractivity contribution is -0.157. The van der Waals surface area contributed by atoms with Gasteiger partial charge in [-0.3, -0.25) is 52.7 Å². The Morgan fingerprint density at radius 3 is 1.37 bits per heavy atom. The van der Waals surface area contributed by atoms with Gasteiger partial charge in [0.1, 0.15) is 73.6 Å². The lowest BCUT2D eigenvalue weighted by Crippen LogP contribution is -2.63. The molecule has 0 saturated heterocycles. The van der Waals surface area contributed by atoms with Gasteiger partial charge in [0.2, 0.25) is 59.1 Å². The van der Waals surface area contributed by atoms with E-state index in [9.17, 15) is 48.3 Å². The van der Waals surface area contributed by atoms with Crippen LogP contribution in [0.4, 0.5) is 4.79 Å². The van der Waals surface area contributed by atoms with E-state index in [2.05, 4.69) is 21.3 Å². The molecule has 0 heterocycles. The van der Waals surface area contributed by atoms with Gasteiger partial charge in [0.25, 0.3) is 0 Å². The Balaban J connectivity index is 1.21. The molecule has 5 N–H and O–H groups in total. The van der Waals surface area contributed by atoms with Crippen LogP contribution in [0.15, 0.2) is 133 Å². The van der Waals surface area contributed by atoms with Gasteiger partial charge < -0.3 is 74.9 Å². The van der Waals surface area contributed by atoms with E-state index in [-0.39, 0.29) is 93.9 Å². The summed E-state index contributed by atoms with van der Waals surface area (Å²) in [6.07, 6.45) is -2.07. The highest BCUT2D eigenvalue weighted by Crippen LogP contribution is 2.44. The molecule has 0 bridgehead atoms. The number of hydrogen-bond acceptors (Lipinski definition) is 17. The van der Waals surface area contributed by atoms with Crippen molar-refractivity contribution in [2.75, 3.05) is 69.1 Å². The zero-order valence-electron chi connectivity index (χ0n) is 76.4. The maximum absolute atomic E-state index is 15.7. The average Bonchev–Trinajstić information content (AvgIpc) is 1.62. The predicted molar refractivity (Wildman–Crippen MR) is 471 cm³/mol. The number of esters is 1. The molecule has 0 saturated carbocycles. The minimum atomic E-state index is -1.80. The first-order valence-corrected chi connectivity index (χ1v) is 43.0. The number of benzene rings is 5. The SMILES string of the molecule is CC[C@H](NC(=O)[C@H]([C@H](O)[C@H](C)COCc1ccc(C(=O)c2ccccc2)cc1)N(C)C(=O)[C@H](C(C)C)N(C)C(=O)[C@H](CC(C)C)N(C)C(=O)[C@H](CC(C)C)N(C)C(=O)[C@@H](C)NC(=O)OCC1c2ccccc2-c2ccccc21)C(=O)N(C)CC(=O)N(C)[C@@H](CC(C)C)C(=O)N[C@H](C(=O)N(C)[C@@H](CC(C)C)C(=O)N[C@@H](C)C(=O)OCc1ccccc1)C(C)C. The minimum absolute atomic E-state index is 0.00134. The van der Waals surface area contributed by atoms with E-state index in [0.29, 0.717) is 16.7 Å². The van der Waals surface area contributed by atoms with Crippen LogP contribution in [-0.4, -0.2) is 252 Å². The summed E-state index contributed by atoms with van der Waals surface area (Å²) in [4.78, 5) is 197. The Morgan fingerprint density at radius 1 is 0.407 bits per heavy atom. The summed E-state index contributed by atoms with van der Waals surface area (Å²) < 4.78 is 17.4. The Labute approximate surface area is 727 Å². The predicted octanol–water partition coefficient (Wildman–Crippen LogP) is 9.90. The number of ketones is 1. The molecule has 5 aromatic rings. The van der Waals surface area contributed by atoms with Gasteiger partial charge in [-0.2, -0.15) is 0 Å². The number of fused-ring (bicyclic) bond motifs is 3. The monoisotopic (exact) mass is 1700 g/mol. The minimum Gasteiger partial charge on any atom is -0.459 e. The van der Waals surface area contributed by atoms with Crippen molar-refractivity contribution in [3.05, 3.63) is 167 Å². The van der Waals surface area contributed by atoms with Crippen LogP contribution >= 0.6 is 0 Å². The number of amides is 11. The summed E-state index contributed by atoms with van der Waals surface area (Å²) in [5.41, 5.74) is 6.51. The Kier molecular flexibility index (Phi) is 38.7. The molecule has 123 heavy (non-hydrogen) atoms. The molecular weight excluding hydrogens is 1570 g/mol. The van der Waals surface area contributed by atoms with Crippen molar-refractivity contribution in [3.8, 4) is 11.1 Å². The second-order valence-electron chi connectivity index (χ2n) is 35.2. The van der Waals surface area contributed by atoms with Crippen LogP contribution in [-0.2, 0) is 80.2 Å². The highest BCUT2D eigenvalue weighted by atomic mass is 16.5. The van der Waals surface area contributed by atoms with E-state index in [0.717, 1.165) is 37.6 Å². The molecule has 0 radical (unpaired) electrons. The summed E-state index contributed by atoms with van der Waals surface area (Å²) in [6, 6.07) is 27.8. The average molecular weight is 1700 g/mol. The Bertz CT molecular complexity index is 4360. The molecule has 0 unspecified atom stereocenters. The highest BCUT2D eigenvalue weighted by Gasteiger charge is 2.46. The van der Waals surface area contributed by atoms with Crippen molar-refractivity contribution in [3.63, 3.8) is 0 Å². The number of rotatable bonds is 45. The molecule has 0 aromatic heterocycles. The maximum Gasteiger partial charge on any atom is 0.407 e. The topological polar surface area (TPSA) is 341 Å². The maximum atomic E-state index is 15.7. The second-order valence-corrected chi connectivity index (χ2v) is 35.2. The van der Waals surface area contributed by atoms with Gasteiger partial charge in [-0.05, 0) is 115 Å². The fraction of sp³-hybridized carbons (Fsp3) is 0.547. The quantitative estimate of drug-likeness (QED) is 0.0179. The van der Waals surface area contributed by atoms with Gasteiger partial charge in [-0.25, -0.2) is 9.59 Å². The van der Waals surface area contributed by atoms with Gasteiger partial charge in [-0.1, -0.05) is 230 Å². The third-order valence-corrected chi connectivity index (χ3v) is 22.7. The molecule has 672 valence electrons. The number of aliphatic hydroxyl groups is 1. The number of nitrogens with one attached hydrogen (secondary N) is 4. The van der Waals surface area contributed by atoms with Crippen LogP contribution in [0.1, 0.15) is 187 Å². The smallest absolute Gasteiger partial charge is 0.407 e. The first-order chi connectivity index (χ1) is 57.9. The zero-order valence-corrected chi connectivity index (χ0v) is 76.4. The molecule has 0 spiro atoms. The molecule has 0 aliphatic heterocycles. The van der Waals surface area contributed by atoms with Gasteiger partial charge in [0, 0.05) is 72.3 Å². The number of carbonyl (C=O) groups excluding carboxylic acids is 13. The summed E-state index contributed by atoms with van der Waals surface area (Å²) in [5.74, 6) is -10.9. The van der Waals surface area contributed by atoms with Crippen LogP contribution in [0, 0.1) is 41.4 Å². The fourth-order valence-corrected chi connectivity index (χ4v) is 15.5.